The SMILES string of the molecule is CCCCCCCCCCCCCCCCCCCCCC/C=C/C(=N\c1cc(CC)cc(CC)c1)C(/CCCCCCCC)=N/c1cc(CC)cc(CC)c1.[Ni]. The molecule has 3 heteroatoms. The van der Waals surface area contributed by atoms with Crippen LogP contribution in [0.1, 0.15) is 244 Å². The van der Waals surface area contributed by atoms with Gasteiger partial charge in [-0.2, -0.15) is 0 Å². The minimum Gasteiger partial charge on any atom is -0.251 e. The standard InChI is InChI=1S/C54H90N2.Ni/c1-7-13-15-17-19-20-21-22-23-24-25-26-27-28-29-30-31-32-33-34-36-38-40-54(56-52-45-49(11-5)42-50(12-6)46-52)53(39-37-35-18-16-14-8-2)55-51-43-47(9-3)41-48(10-4)44-51;/h38,40-46H,7-37,39H2,1-6H3;/b40-38+,55-53+,56-54+;. The molecular weight excluding hydrogens is 735 g/mol. The van der Waals surface area contributed by atoms with Gasteiger partial charge in [-0.25, -0.2) is 4.99 Å². The summed E-state index contributed by atoms with van der Waals surface area (Å²) < 4.78 is 0. The summed E-state index contributed by atoms with van der Waals surface area (Å²) >= 11 is 0. The van der Waals surface area contributed by atoms with Crippen molar-refractivity contribution in [2.45, 2.75) is 247 Å². The number of benzene rings is 2. The summed E-state index contributed by atoms with van der Waals surface area (Å²) in [4.78, 5) is 10.8. The van der Waals surface area contributed by atoms with Crippen molar-refractivity contribution >= 4 is 22.8 Å². The molecule has 0 saturated heterocycles. The van der Waals surface area contributed by atoms with E-state index in [-0.39, 0.29) is 16.5 Å². The number of hydrogen-bond donors (Lipinski definition) is 0. The van der Waals surface area contributed by atoms with Crippen LogP contribution in [-0.2, 0) is 42.2 Å². The summed E-state index contributed by atoms with van der Waals surface area (Å²) in [6.45, 7) is 13.6. The number of allylic oxidation sites excluding steroid dienone is 2. The Balaban J connectivity index is 0.0000162. The van der Waals surface area contributed by atoms with Crippen LogP contribution in [-0.4, -0.2) is 11.4 Å². The van der Waals surface area contributed by atoms with Gasteiger partial charge in [-0.3, -0.25) is 4.99 Å². The maximum absolute atomic E-state index is 5.43. The van der Waals surface area contributed by atoms with Crippen LogP contribution < -0.4 is 0 Å². The second kappa shape index (κ2) is 37.0. The first-order chi connectivity index (χ1) is 27.6. The van der Waals surface area contributed by atoms with Gasteiger partial charge < -0.3 is 0 Å². The third kappa shape index (κ3) is 26.7. The molecule has 0 amide bonds. The van der Waals surface area contributed by atoms with Gasteiger partial charge in [-0.15, -0.1) is 0 Å². The van der Waals surface area contributed by atoms with E-state index in [0.717, 1.165) is 67.7 Å². The van der Waals surface area contributed by atoms with Crippen molar-refractivity contribution in [1.82, 2.24) is 0 Å². The fourth-order valence-corrected chi connectivity index (χ4v) is 7.95. The van der Waals surface area contributed by atoms with Crippen molar-refractivity contribution in [2.24, 2.45) is 9.98 Å². The molecular formula is C54H90N2Ni. The van der Waals surface area contributed by atoms with Crippen LogP contribution in [0.4, 0.5) is 11.4 Å². The normalized spacial score (nSPS) is 12.2. The first-order valence-corrected chi connectivity index (χ1v) is 24.6. The molecule has 0 unspecified atom stereocenters. The van der Waals surface area contributed by atoms with Crippen LogP contribution in [0.2, 0.25) is 0 Å². The number of aryl methyl sites for hydroxylation is 4. The van der Waals surface area contributed by atoms with E-state index in [4.69, 9.17) is 9.98 Å². The van der Waals surface area contributed by atoms with Gasteiger partial charge in [0.1, 0.15) is 0 Å². The number of rotatable bonds is 36. The van der Waals surface area contributed by atoms with E-state index < -0.39 is 0 Å². The first-order valence-electron chi connectivity index (χ1n) is 24.6. The van der Waals surface area contributed by atoms with Crippen LogP contribution in [0.25, 0.3) is 0 Å². The molecule has 0 radical (unpaired) electrons. The van der Waals surface area contributed by atoms with Crippen molar-refractivity contribution in [2.75, 3.05) is 0 Å². The Bertz CT molecular complexity index is 1290. The van der Waals surface area contributed by atoms with Crippen molar-refractivity contribution in [3.8, 4) is 0 Å². The third-order valence-electron chi connectivity index (χ3n) is 11.8. The summed E-state index contributed by atoms with van der Waals surface area (Å²) in [5.74, 6) is 0. The molecule has 2 nitrogen and oxygen atoms in total. The molecule has 0 heterocycles. The molecule has 0 aliphatic rings. The molecule has 2 rings (SSSR count). The quantitative estimate of drug-likeness (QED) is 0.0371. The Morgan fingerprint density at radius 3 is 1.05 bits per heavy atom. The molecule has 0 saturated carbocycles. The maximum atomic E-state index is 5.43. The molecule has 326 valence electrons. The van der Waals surface area contributed by atoms with Crippen LogP contribution in [0.5, 0.6) is 0 Å². The van der Waals surface area contributed by atoms with Crippen LogP contribution in [0.15, 0.2) is 58.5 Å². The average Bonchev–Trinajstić information content (AvgIpc) is 3.22. The third-order valence-corrected chi connectivity index (χ3v) is 11.8. The molecule has 2 aromatic rings. The second-order valence-electron chi connectivity index (χ2n) is 16.9. The molecule has 0 atom stereocenters. The van der Waals surface area contributed by atoms with E-state index in [0.29, 0.717) is 0 Å². The van der Waals surface area contributed by atoms with Gasteiger partial charge in [0, 0.05) is 16.5 Å². The zero-order valence-corrected chi connectivity index (χ0v) is 39.4. The Kier molecular flexibility index (Phi) is 34.5. The average molecular weight is 826 g/mol. The minimum atomic E-state index is 0. The summed E-state index contributed by atoms with van der Waals surface area (Å²) in [5, 5.41) is 0. The van der Waals surface area contributed by atoms with E-state index in [1.54, 1.807) is 0 Å². The Morgan fingerprint density at radius 2 is 0.702 bits per heavy atom. The smallest absolute Gasteiger partial charge is 0.0848 e. The Labute approximate surface area is 365 Å². The topological polar surface area (TPSA) is 24.7 Å². The molecule has 0 N–H and O–H groups in total. The van der Waals surface area contributed by atoms with E-state index in [2.05, 4.69) is 90.1 Å². The van der Waals surface area contributed by atoms with Gasteiger partial charge in [0.2, 0.25) is 0 Å². The molecule has 0 aromatic heterocycles. The van der Waals surface area contributed by atoms with E-state index in [9.17, 15) is 0 Å². The largest absolute Gasteiger partial charge is 0.251 e. The minimum absolute atomic E-state index is 0. The molecule has 2 aromatic carbocycles. The van der Waals surface area contributed by atoms with Gasteiger partial charge in [0.05, 0.1) is 22.8 Å². The van der Waals surface area contributed by atoms with Crippen molar-refractivity contribution in [1.29, 1.82) is 0 Å². The molecule has 0 spiro atoms. The zero-order chi connectivity index (χ0) is 40.3. The molecule has 0 aliphatic carbocycles. The van der Waals surface area contributed by atoms with E-state index >= 15 is 0 Å². The molecule has 57 heavy (non-hydrogen) atoms. The Morgan fingerprint density at radius 1 is 0.386 bits per heavy atom. The van der Waals surface area contributed by atoms with Crippen LogP contribution in [0, 0.1) is 0 Å². The molecule has 0 aliphatic heterocycles. The van der Waals surface area contributed by atoms with Gasteiger partial charge in [0.25, 0.3) is 0 Å². The molecule has 0 fully saturated rings. The van der Waals surface area contributed by atoms with Crippen LogP contribution in [0.3, 0.4) is 0 Å². The predicted octanol–water partition coefficient (Wildman–Crippen LogP) is 18.3. The maximum Gasteiger partial charge on any atom is 0.0848 e. The molecule has 0 bridgehead atoms. The summed E-state index contributed by atoms with van der Waals surface area (Å²) in [6.07, 6.45) is 47.1. The zero-order valence-electron chi connectivity index (χ0n) is 38.5. The first kappa shape index (κ1) is 53.0. The van der Waals surface area contributed by atoms with E-state index in [1.807, 2.05) is 0 Å². The number of hydrogen-bond acceptors (Lipinski definition) is 2. The Hall–Kier alpha value is -1.99. The fourth-order valence-electron chi connectivity index (χ4n) is 7.95. The second-order valence-corrected chi connectivity index (χ2v) is 16.9. The summed E-state index contributed by atoms with van der Waals surface area (Å²) in [6, 6.07) is 13.9. The van der Waals surface area contributed by atoms with Gasteiger partial charge in [-0.1, -0.05) is 214 Å². The number of aliphatic imine (C=N–C) groups is 2. The number of unbranched alkanes of at least 4 members (excludes halogenated alkanes) is 25. The monoisotopic (exact) mass is 825 g/mol. The van der Waals surface area contributed by atoms with Crippen molar-refractivity contribution in [3.63, 3.8) is 0 Å². The van der Waals surface area contributed by atoms with E-state index in [1.165, 1.54) is 183 Å². The predicted molar refractivity (Wildman–Crippen MR) is 254 cm³/mol. The van der Waals surface area contributed by atoms with Crippen LogP contribution >= 0.6 is 0 Å². The van der Waals surface area contributed by atoms with Gasteiger partial charge >= 0.3 is 0 Å². The van der Waals surface area contributed by atoms with Gasteiger partial charge in [0.15, 0.2) is 0 Å². The van der Waals surface area contributed by atoms with Gasteiger partial charge in [-0.05, 0) is 104 Å². The summed E-state index contributed by atoms with van der Waals surface area (Å²) in [5.41, 5.74) is 9.86. The van der Waals surface area contributed by atoms with Crippen molar-refractivity contribution in [3.05, 3.63) is 70.8 Å². The summed E-state index contributed by atoms with van der Waals surface area (Å²) in [7, 11) is 0. The number of nitrogens with zero attached hydrogens (tertiary/aromatic N) is 2. The fraction of sp³-hybridized carbons (Fsp3) is 0.704. The van der Waals surface area contributed by atoms with Crippen molar-refractivity contribution < 1.29 is 16.5 Å².